The third-order valence-electron chi connectivity index (χ3n) is 6.19. The van der Waals surface area contributed by atoms with Crippen LogP contribution >= 0.6 is 36.2 Å². The predicted octanol–water partition coefficient (Wildman–Crippen LogP) is 5.39. The number of aryl methyl sites for hydroxylation is 1. The van der Waals surface area contributed by atoms with E-state index in [2.05, 4.69) is 18.8 Å². The molecule has 0 spiro atoms. The van der Waals surface area contributed by atoms with Gasteiger partial charge in [-0.15, -0.1) is 36.2 Å². The van der Waals surface area contributed by atoms with Crippen molar-refractivity contribution in [2.24, 2.45) is 22.6 Å². The van der Waals surface area contributed by atoms with Gasteiger partial charge in [0.2, 0.25) is 0 Å². The van der Waals surface area contributed by atoms with E-state index in [0.29, 0.717) is 23.1 Å². The first-order valence-electron chi connectivity index (χ1n) is 11.5. The topological polar surface area (TPSA) is 115 Å². The van der Waals surface area contributed by atoms with E-state index in [9.17, 15) is 14.7 Å². The van der Waals surface area contributed by atoms with Crippen LogP contribution in [0.5, 0.6) is 0 Å². The number of hydrogen-bond acceptors (Lipinski definition) is 7. The largest absolute Gasteiger partial charge is 0.481 e. The van der Waals surface area contributed by atoms with Crippen molar-refractivity contribution < 1.29 is 19.4 Å². The molecule has 0 radical (unpaired) electrons. The number of thiazole rings is 1. The van der Waals surface area contributed by atoms with Gasteiger partial charge in [0, 0.05) is 35.2 Å². The van der Waals surface area contributed by atoms with Crippen LogP contribution in [-0.4, -0.2) is 40.9 Å². The monoisotopic (exact) mass is 555 g/mol. The summed E-state index contributed by atoms with van der Waals surface area (Å²) in [5, 5.41) is 12.8. The Morgan fingerprint density at radius 2 is 1.83 bits per heavy atom. The second-order valence-corrected chi connectivity index (χ2v) is 10.1. The Bertz CT molecular complexity index is 1130. The fourth-order valence-corrected chi connectivity index (χ4v) is 5.67. The average Bonchev–Trinajstić information content (AvgIpc) is 3.22. The summed E-state index contributed by atoms with van der Waals surface area (Å²) in [7, 11) is 0. The summed E-state index contributed by atoms with van der Waals surface area (Å²) in [6.45, 7) is 10.2. The molecular weight excluding hydrogens is 521 g/mol. The average molecular weight is 557 g/mol. The zero-order valence-electron chi connectivity index (χ0n) is 21.2. The van der Waals surface area contributed by atoms with Crippen molar-refractivity contribution in [1.82, 2.24) is 4.98 Å². The van der Waals surface area contributed by atoms with Gasteiger partial charge in [0.05, 0.1) is 11.6 Å². The number of ether oxygens (including phenoxy) is 1. The molecule has 1 aromatic carbocycles. The Balaban J connectivity index is 0.00000324. The van der Waals surface area contributed by atoms with Crippen molar-refractivity contribution in [2.45, 2.75) is 52.9 Å². The van der Waals surface area contributed by atoms with Crippen LogP contribution in [0.1, 0.15) is 60.7 Å². The second-order valence-electron chi connectivity index (χ2n) is 9.11. The van der Waals surface area contributed by atoms with Crippen molar-refractivity contribution in [3.05, 3.63) is 62.7 Å². The minimum Gasteiger partial charge on any atom is -0.481 e. The first-order chi connectivity index (χ1) is 16.1. The van der Waals surface area contributed by atoms with Crippen molar-refractivity contribution >= 4 is 53.8 Å². The van der Waals surface area contributed by atoms with E-state index < -0.39 is 23.3 Å². The van der Waals surface area contributed by atoms with Crippen LogP contribution in [0.3, 0.4) is 0 Å². The summed E-state index contributed by atoms with van der Waals surface area (Å²) in [5.41, 5.74) is 9.74. The van der Waals surface area contributed by atoms with E-state index in [4.69, 9.17) is 15.5 Å². The zero-order valence-corrected chi connectivity index (χ0v) is 23.7. The first kappa shape index (κ1) is 31.8. The third-order valence-corrected chi connectivity index (χ3v) is 7.04. The number of rotatable bonds is 9. The summed E-state index contributed by atoms with van der Waals surface area (Å²) in [6, 6.07) is 7.93. The van der Waals surface area contributed by atoms with Gasteiger partial charge in [0.25, 0.3) is 0 Å². The van der Waals surface area contributed by atoms with Gasteiger partial charge >= 0.3 is 11.9 Å². The van der Waals surface area contributed by atoms with Gasteiger partial charge in [-0.3, -0.25) is 9.79 Å². The van der Waals surface area contributed by atoms with Gasteiger partial charge in [0.15, 0.2) is 5.69 Å². The van der Waals surface area contributed by atoms with Crippen LogP contribution in [0.15, 0.2) is 45.9 Å². The molecule has 1 aliphatic heterocycles. The summed E-state index contributed by atoms with van der Waals surface area (Å²) in [4.78, 5) is 34.3. The number of esters is 1. The Kier molecular flexibility index (Phi) is 11.8. The number of carboxylic acids is 1. The Hall–Kier alpha value is -2.26. The summed E-state index contributed by atoms with van der Waals surface area (Å²) < 4.78 is 5.10. The molecule has 2 atom stereocenters. The van der Waals surface area contributed by atoms with Crippen LogP contribution in [0, 0.1) is 18.8 Å². The normalized spacial score (nSPS) is 19.3. The number of carboxylic acid groups (broad SMARTS) is 1. The van der Waals surface area contributed by atoms with Gasteiger partial charge in [-0.25, -0.2) is 9.78 Å². The number of aliphatic carboxylic acids is 1. The number of aliphatic imine (C=N–C) groups is 1. The molecular formula is C26H35Cl2N3O4S. The Morgan fingerprint density at radius 1 is 1.19 bits per heavy atom. The fraction of sp³-hybridized carbons (Fsp3) is 0.462. The molecule has 10 heteroatoms. The number of aromatic nitrogens is 1. The number of nitrogens with two attached hydrogens (primary N) is 1. The van der Waals surface area contributed by atoms with Crippen LogP contribution in [0.2, 0.25) is 0 Å². The van der Waals surface area contributed by atoms with E-state index in [-0.39, 0.29) is 50.1 Å². The standard InChI is InChI=1S/C26H33N3O4S.2ClH/c1-6-33-25(32)21-14-34-22(29-21)12-26(18-9-7-16(4)8-10-18)19(13-27)20(11-15(2)3)28-17(5)23(26)24(30)31;;/h7-10,14-15,23H,6,11-13,27H2,1-5H3,(H,30,31);2*1H. The highest BCUT2D eigenvalue weighted by Gasteiger charge is 2.52. The number of benzene rings is 1. The highest BCUT2D eigenvalue weighted by Crippen LogP contribution is 2.48. The maximum Gasteiger partial charge on any atom is 0.357 e. The fourth-order valence-electron chi connectivity index (χ4n) is 4.81. The molecule has 3 N–H and O–H groups in total. The molecule has 2 aromatic rings. The zero-order chi connectivity index (χ0) is 25.0. The van der Waals surface area contributed by atoms with Gasteiger partial charge < -0.3 is 15.6 Å². The van der Waals surface area contributed by atoms with Gasteiger partial charge in [-0.1, -0.05) is 43.7 Å². The van der Waals surface area contributed by atoms with Crippen molar-refractivity contribution in [1.29, 1.82) is 0 Å². The molecule has 36 heavy (non-hydrogen) atoms. The Morgan fingerprint density at radius 3 is 2.36 bits per heavy atom. The SMILES string of the molecule is CCOC(=O)c1csc(CC2(c3ccc(C)cc3)C(CN)=C(CC(C)C)N=C(C)C2C(=O)O)n1.Cl.Cl. The lowest BCUT2D eigenvalue weighted by atomic mass is 9.60. The van der Waals surface area contributed by atoms with E-state index in [1.54, 1.807) is 19.2 Å². The molecule has 2 unspecified atom stereocenters. The second kappa shape index (κ2) is 13.3. The molecule has 0 saturated carbocycles. The molecule has 1 aromatic heterocycles. The number of allylic oxidation sites excluding steroid dienone is 1. The van der Waals surface area contributed by atoms with Crippen molar-refractivity contribution in [3.8, 4) is 0 Å². The first-order valence-corrected chi connectivity index (χ1v) is 12.4. The lowest BCUT2D eigenvalue weighted by Crippen LogP contribution is -2.51. The molecule has 2 heterocycles. The third kappa shape index (κ3) is 6.35. The molecule has 3 rings (SSSR count). The van der Waals surface area contributed by atoms with E-state index in [1.165, 1.54) is 11.3 Å². The molecule has 0 saturated heterocycles. The Labute approximate surface area is 229 Å². The minimum atomic E-state index is -0.978. The lowest BCUT2D eigenvalue weighted by Gasteiger charge is -2.44. The van der Waals surface area contributed by atoms with Crippen LogP contribution in [0.25, 0.3) is 0 Å². The smallest absolute Gasteiger partial charge is 0.357 e. The molecule has 7 nitrogen and oxygen atoms in total. The predicted molar refractivity (Wildman–Crippen MR) is 149 cm³/mol. The van der Waals surface area contributed by atoms with Crippen molar-refractivity contribution in [3.63, 3.8) is 0 Å². The van der Waals surface area contributed by atoms with Crippen LogP contribution in [-0.2, 0) is 21.4 Å². The maximum absolute atomic E-state index is 12.8. The summed E-state index contributed by atoms with van der Waals surface area (Å²) in [6.07, 6.45) is 0.980. The number of carbonyl (C=O) groups excluding carboxylic acids is 1. The van der Waals surface area contributed by atoms with Crippen LogP contribution < -0.4 is 5.73 Å². The molecule has 0 fully saturated rings. The van der Waals surface area contributed by atoms with E-state index in [1.807, 2.05) is 31.2 Å². The van der Waals surface area contributed by atoms with Gasteiger partial charge in [-0.2, -0.15) is 0 Å². The van der Waals surface area contributed by atoms with Crippen LogP contribution in [0.4, 0.5) is 0 Å². The van der Waals surface area contributed by atoms with Crippen molar-refractivity contribution in [2.75, 3.05) is 13.2 Å². The van der Waals surface area contributed by atoms with E-state index in [0.717, 1.165) is 22.4 Å². The lowest BCUT2D eigenvalue weighted by molar-refractivity contribution is -0.141. The quantitative estimate of drug-likeness (QED) is 0.401. The van der Waals surface area contributed by atoms with Gasteiger partial charge in [-0.05, 0) is 44.2 Å². The molecule has 0 bridgehead atoms. The summed E-state index contributed by atoms with van der Waals surface area (Å²) >= 11 is 1.33. The number of carbonyl (C=O) groups is 2. The van der Waals surface area contributed by atoms with Gasteiger partial charge in [0.1, 0.15) is 5.92 Å². The molecule has 0 amide bonds. The molecule has 198 valence electrons. The highest BCUT2D eigenvalue weighted by atomic mass is 35.5. The molecule has 0 aliphatic carbocycles. The highest BCUT2D eigenvalue weighted by molar-refractivity contribution is 7.09. The number of hydrogen-bond donors (Lipinski definition) is 2. The summed E-state index contributed by atoms with van der Waals surface area (Å²) in [5.74, 6) is -2.04. The number of halogens is 2. The van der Waals surface area contributed by atoms with E-state index >= 15 is 0 Å². The number of nitrogens with zero attached hydrogens (tertiary/aromatic N) is 2. The minimum absolute atomic E-state index is 0. The molecule has 1 aliphatic rings. The maximum atomic E-state index is 12.8.